The second kappa shape index (κ2) is 3.33. The number of benzene rings is 1. The number of hydrogen-bond donors (Lipinski definition) is 1. The van der Waals surface area contributed by atoms with Crippen LogP contribution in [-0.2, 0) is 0 Å². The SMILES string of the molecule is Clc1cccc([SH]2[C]=NC=C2)c1. The molecular weight excluding hydrogens is 190 g/mol. The van der Waals surface area contributed by atoms with E-state index in [1.165, 1.54) is 4.90 Å². The lowest BCUT2D eigenvalue weighted by molar-refractivity contribution is 1.47. The second-order valence-corrected chi connectivity index (χ2v) is 4.57. The summed E-state index contributed by atoms with van der Waals surface area (Å²) in [4.78, 5) is 5.13. The Morgan fingerprint density at radius 1 is 1.42 bits per heavy atom. The highest BCUT2D eigenvalue weighted by Crippen LogP contribution is 2.38. The Labute approximate surface area is 79.1 Å². The molecule has 0 bridgehead atoms. The summed E-state index contributed by atoms with van der Waals surface area (Å²) in [5.41, 5.74) is 3.02. The molecule has 2 rings (SSSR count). The summed E-state index contributed by atoms with van der Waals surface area (Å²) in [6.07, 6.45) is 1.78. The molecule has 0 fully saturated rings. The topological polar surface area (TPSA) is 12.4 Å². The highest BCUT2D eigenvalue weighted by atomic mass is 35.5. The summed E-state index contributed by atoms with van der Waals surface area (Å²) in [7, 11) is -0.438. The van der Waals surface area contributed by atoms with Crippen molar-refractivity contribution in [3.8, 4) is 0 Å². The lowest BCUT2D eigenvalue weighted by Crippen LogP contribution is -1.77. The Morgan fingerprint density at radius 2 is 2.33 bits per heavy atom. The molecule has 0 saturated heterocycles. The highest BCUT2D eigenvalue weighted by Gasteiger charge is 2.04. The van der Waals surface area contributed by atoms with Crippen molar-refractivity contribution < 1.29 is 0 Å². The molecule has 0 amide bonds. The zero-order valence-corrected chi connectivity index (χ0v) is 7.89. The Hall–Kier alpha value is -0.730. The first kappa shape index (κ1) is 7.90. The first-order chi connectivity index (χ1) is 5.86. The molecule has 1 aromatic rings. The van der Waals surface area contributed by atoms with E-state index in [2.05, 4.69) is 22.0 Å². The minimum atomic E-state index is -0.438. The van der Waals surface area contributed by atoms with E-state index in [0.717, 1.165) is 5.02 Å². The van der Waals surface area contributed by atoms with Gasteiger partial charge in [0.15, 0.2) is 0 Å². The predicted molar refractivity (Wildman–Crippen MR) is 55.3 cm³/mol. The predicted octanol–water partition coefficient (Wildman–Crippen LogP) is 3.09. The van der Waals surface area contributed by atoms with Crippen LogP contribution in [0.4, 0.5) is 0 Å². The molecule has 1 aliphatic rings. The fourth-order valence-corrected chi connectivity index (χ4v) is 2.54. The Balaban J connectivity index is 2.34. The standard InChI is InChI=1S/C9H7ClNS/c10-8-2-1-3-9(6-8)12-5-4-11-7-12/h1-6,12H. The minimum absolute atomic E-state index is 0.438. The average molecular weight is 197 g/mol. The maximum absolute atomic E-state index is 5.85. The summed E-state index contributed by atoms with van der Waals surface area (Å²) in [5.74, 6) is 0. The van der Waals surface area contributed by atoms with Gasteiger partial charge in [0.2, 0.25) is 0 Å². The Morgan fingerprint density at radius 3 is 3.00 bits per heavy atom. The van der Waals surface area contributed by atoms with Crippen LogP contribution in [0.25, 0.3) is 0 Å². The largest absolute Gasteiger partial charge is 0.248 e. The van der Waals surface area contributed by atoms with Crippen LogP contribution in [0, 0.1) is 0 Å². The van der Waals surface area contributed by atoms with Gasteiger partial charge in [-0.2, -0.15) is 10.9 Å². The van der Waals surface area contributed by atoms with Crippen molar-refractivity contribution in [3.05, 3.63) is 40.9 Å². The van der Waals surface area contributed by atoms with Crippen molar-refractivity contribution in [2.24, 2.45) is 4.99 Å². The lowest BCUT2D eigenvalue weighted by Gasteiger charge is -2.07. The molecule has 12 heavy (non-hydrogen) atoms. The molecule has 0 saturated carbocycles. The molecule has 0 aromatic heterocycles. The molecule has 0 spiro atoms. The third kappa shape index (κ3) is 1.54. The summed E-state index contributed by atoms with van der Waals surface area (Å²) in [6, 6.07) is 7.84. The van der Waals surface area contributed by atoms with Crippen LogP contribution in [0.1, 0.15) is 0 Å². The molecule has 0 N–H and O–H groups in total. The van der Waals surface area contributed by atoms with Gasteiger partial charge >= 0.3 is 0 Å². The van der Waals surface area contributed by atoms with Crippen LogP contribution in [0.5, 0.6) is 0 Å². The second-order valence-electron chi connectivity index (χ2n) is 2.38. The van der Waals surface area contributed by atoms with Gasteiger partial charge in [0.1, 0.15) is 5.55 Å². The first-order valence-electron chi connectivity index (χ1n) is 3.53. The van der Waals surface area contributed by atoms with E-state index in [0.29, 0.717) is 0 Å². The average Bonchev–Trinajstić information content (AvgIpc) is 2.56. The van der Waals surface area contributed by atoms with Crippen LogP contribution in [-0.4, -0.2) is 5.55 Å². The zero-order chi connectivity index (χ0) is 8.39. The Kier molecular flexibility index (Phi) is 2.19. The third-order valence-electron chi connectivity index (χ3n) is 1.54. The first-order valence-corrected chi connectivity index (χ1v) is 5.32. The van der Waals surface area contributed by atoms with Crippen LogP contribution in [0.15, 0.2) is 45.8 Å². The van der Waals surface area contributed by atoms with Gasteiger partial charge in [0.05, 0.1) is 0 Å². The van der Waals surface area contributed by atoms with Crippen molar-refractivity contribution in [3.63, 3.8) is 0 Å². The van der Waals surface area contributed by atoms with Gasteiger partial charge in [-0.25, -0.2) is 4.99 Å². The number of rotatable bonds is 1. The fourth-order valence-electron chi connectivity index (χ4n) is 0.999. The van der Waals surface area contributed by atoms with Crippen molar-refractivity contribution in [2.75, 3.05) is 0 Å². The van der Waals surface area contributed by atoms with Crippen molar-refractivity contribution >= 4 is 28.0 Å². The van der Waals surface area contributed by atoms with E-state index >= 15 is 0 Å². The molecule has 61 valence electrons. The molecule has 1 atom stereocenters. The van der Waals surface area contributed by atoms with Gasteiger partial charge in [0, 0.05) is 11.2 Å². The third-order valence-corrected chi connectivity index (χ3v) is 3.37. The number of hydrogen-bond acceptors (Lipinski definition) is 1. The molecule has 1 unspecified atom stereocenters. The molecular formula is C9H7ClNS. The smallest absolute Gasteiger partial charge is 0.115 e. The molecule has 1 aliphatic heterocycles. The van der Waals surface area contributed by atoms with E-state index in [9.17, 15) is 0 Å². The van der Waals surface area contributed by atoms with E-state index in [1.54, 1.807) is 6.20 Å². The van der Waals surface area contributed by atoms with Crippen molar-refractivity contribution in [1.82, 2.24) is 0 Å². The lowest BCUT2D eigenvalue weighted by atomic mass is 10.4. The normalized spacial score (nSPS) is 23.2. The van der Waals surface area contributed by atoms with Crippen molar-refractivity contribution in [1.29, 1.82) is 0 Å². The minimum Gasteiger partial charge on any atom is -0.248 e. The molecule has 1 heterocycles. The van der Waals surface area contributed by atoms with E-state index in [-0.39, 0.29) is 0 Å². The van der Waals surface area contributed by atoms with E-state index < -0.39 is 10.9 Å². The highest BCUT2D eigenvalue weighted by molar-refractivity contribution is 8.31. The van der Waals surface area contributed by atoms with Crippen LogP contribution in [0.3, 0.4) is 0 Å². The van der Waals surface area contributed by atoms with Gasteiger partial charge in [-0.3, -0.25) is 0 Å². The maximum atomic E-state index is 5.85. The van der Waals surface area contributed by atoms with E-state index in [4.69, 9.17) is 11.6 Å². The van der Waals surface area contributed by atoms with Crippen LogP contribution in [0.2, 0.25) is 5.02 Å². The quantitative estimate of drug-likeness (QED) is 0.663. The van der Waals surface area contributed by atoms with Gasteiger partial charge in [-0.05, 0) is 28.5 Å². The summed E-state index contributed by atoms with van der Waals surface area (Å²) in [6.45, 7) is 0. The Bertz CT molecular complexity index is 334. The monoisotopic (exact) mass is 196 g/mol. The number of aliphatic imine (C=N–C) groups is 1. The summed E-state index contributed by atoms with van der Waals surface area (Å²) < 4.78 is 0. The summed E-state index contributed by atoms with van der Waals surface area (Å²) >= 11 is 5.85. The summed E-state index contributed by atoms with van der Waals surface area (Å²) in [5, 5.41) is 2.83. The molecule has 0 aliphatic carbocycles. The van der Waals surface area contributed by atoms with Crippen molar-refractivity contribution in [2.45, 2.75) is 4.90 Å². The molecule has 3 heteroatoms. The molecule has 1 radical (unpaired) electrons. The number of halogens is 1. The van der Waals surface area contributed by atoms with Gasteiger partial charge in [-0.15, -0.1) is 0 Å². The maximum Gasteiger partial charge on any atom is 0.115 e. The fraction of sp³-hybridized carbons (Fsp3) is 0. The van der Waals surface area contributed by atoms with Gasteiger partial charge in [-0.1, -0.05) is 17.7 Å². The zero-order valence-electron chi connectivity index (χ0n) is 6.24. The van der Waals surface area contributed by atoms with E-state index in [1.807, 2.05) is 18.2 Å². The number of thiol groups is 1. The van der Waals surface area contributed by atoms with Crippen LogP contribution < -0.4 is 0 Å². The number of nitrogens with zero attached hydrogens (tertiary/aromatic N) is 1. The molecule has 1 aromatic carbocycles. The van der Waals surface area contributed by atoms with Gasteiger partial charge in [0.25, 0.3) is 0 Å². The molecule has 1 nitrogen and oxygen atoms in total. The van der Waals surface area contributed by atoms with Crippen LogP contribution >= 0.6 is 22.5 Å². The van der Waals surface area contributed by atoms with Gasteiger partial charge < -0.3 is 0 Å².